The maximum Gasteiger partial charge on any atom is 0.320 e. The Bertz CT molecular complexity index is 398. The van der Waals surface area contributed by atoms with Crippen molar-refractivity contribution in [2.75, 3.05) is 13.2 Å². The Labute approximate surface area is 105 Å². The highest BCUT2D eigenvalue weighted by Crippen LogP contribution is 2.10. The molecular formula is C11H17N3O4. The fourth-order valence-corrected chi connectivity index (χ4v) is 1.44. The molecule has 1 rings (SSSR count). The van der Waals surface area contributed by atoms with Gasteiger partial charge in [0.15, 0.2) is 5.92 Å². The van der Waals surface area contributed by atoms with E-state index in [0.717, 1.165) is 0 Å². The summed E-state index contributed by atoms with van der Waals surface area (Å²) in [5.41, 5.74) is 0. The topological polar surface area (TPSA) is 83.3 Å². The zero-order chi connectivity index (χ0) is 13.5. The Morgan fingerprint density at radius 3 is 2.22 bits per heavy atom. The summed E-state index contributed by atoms with van der Waals surface area (Å²) in [6.07, 6.45) is 1.48. The second kappa shape index (κ2) is 6.73. The third-order valence-electron chi connectivity index (χ3n) is 2.33. The molecule has 0 unspecified atom stereocenters. The van der Waals surface area contributed by atoms with Crippen LogP contribution in [0.5, 0.6) is 0 Å². The van der Waals surface area contributed by atoms with Crippen LogP contribution in [0.4, 0.5) is 0 Å². The van der Waals surface area contributed by atoms with Crippen molar-refractivity contribution in [3.05, 3.63) is 12.2 Å². The molecule has 1 heterocycles. The Hall–Kier alpha value is -1.92. The van der Waals surface area contributed by atoms with Gasteiger partial charge < -0.3 is 9.47 Å². The van der Waals surface area contributed by atoms with Crippen molar-refractivity contribution in [3.8, 4) is 0 Å². The van der Waals surface area contributed by atoms with Gasteiger partial charge in [-0.3, -0.25) is 14.3 Å². The van der Waals surface area contributed by atoms with E-state index in [4.69, 9.17) is 9.47 Å². The zero-order valence-corrected chi connectivity index (χ0v) is 10.8. The Kier molecular flexibility index (Phi) is 5.29. The second-order valence-corrected chi connectivity index (χ2v) is 3.56. The maximum absolute atomic E-state index is 11.7. The van der Waals surface area contributed by atoms with Crippen molar-refractivity contribution in [1.29, 1.82) is 0 Å². The molecule has 0 amide bonds. The van der Waals surface area contributed by atoms with Crippen molar-refractivity contribution < 1.29 is 19.1 Å². The average Bonchev–Trinajstić information content (AvgIpc) is 2.72. The molecule has 0 bridgehead atoms. The average molecular weight is 255 g/mol. The largest absolute Gasteiger partial charge is 0.465 e. The van der Waals surface area contributed by atoms with Crippen molar-refractivity contribution in [1.82, 2.24) is 14.8 Å². The number of hydrogen-bond acceptors (Lipinski definition) is 6. The summed E-state index contributed by atoms with van der Waals surface area (Å²) in [4.78, 5) is 27.4. The van der Waals surface area contributed by atoms with E-state index in [2.05, 4.69) is 10.1 Å². The van der Waals surface area contributed by atoms with Crippen molar-refractivity contribution in [3.63, 3.8) is 0 Å². The minimum atomic E-state index is -0.993. The summed E-state index contributed by atoms with van der Waals surface area (Å²) in [5, 5.41) is 3.88. The molecule has 0 aromatic carbocycles. The fourth-order valence-electron chi connectivity index (χ4n) is 1.44. The van der Waals surface area contributed by atoms with Crippen LogP contribution in [0.3, 0.4) is 0 Å². The monoisotopic (exact) mass is 255 g/mol. The van der Waals surface area contributed by atoms with Crippen LogP contribution in [0.25, 0.3) is 0 Å². The first-order chi connectivity index (χ1) is 8.60. The number of carbonyl (C=O) groups is 2. The van der Waals surface area contributed by atoms with E-state index in [9.17, 15) is 9.59 Å². The van der Waals surface area contributed by atoms with Gasteiger partial charge in [-0.1, -0.05) is 0 Å². The second-order valence-electron chi connectivity index (χ2n) is 3.56. The van der Waals surface area contributed by atoms with E-state index < -0.39 is 17.9 Å². The van der Waals surface area contributed by atoms with Crippen LogP contribution in [-0.4, -0.2) is 39.9 Å². The first kappa shape index (κ1) is 14.1. The molecule has 0 saturated carbocycles. The molecule has 0 saturated heterocycles. The van der Waals surface area contributed by atoms with Crippen molar-refractivity contribution >= 4 is 11.9 Å². The number of rotatable bonds is 6. The number of aromatic nitrogens is 3. The van der Waals surface area contributed by atoms with Crippen molar-refractivity contribution in [2.45, 2.75) is 20.3 Å². The molecule has 1 aromatic heterocycles. The summed E-state index contributed by atoms with van der Waals surface area (Å²) in [6, 6.07) is 0. The van der Waals surface area contributed by atoms with Gasteiger partial charge >= 0.3 is 11.9 Å². The lowest BCUT2D eigenvalue weighted by molar-refractivity contribution is -0.161. The Morgan fingerprint density at radius 2 is 1.83 bits per heavy atom. The minimum Gasteiger partial charge on any atom is -0.465 e. The highest BCUT2D eigenvalue weighted by atomic mass is 16.6. The molecule has 0 aliphatic rings. The number of ether oxygens (including phenoxy) is 2. The van der Waals surface area contributed by atoms with Crippen LogP contribution < -0.4 is 0 Å². The van der Waals surface area contributed by atoms with Gasteiger partial charge in [0.2, 0.25) is 0 Å². The third-order valence-corrected chi connectivity index (χ3v) is 2.33. The fraction of sp³-hybridized carbons (Fsp3) is 0.636. The number of hydrogen-bond donors (Lipinski definition) is 0. The Morgan fingerprint density at radius 1 is 1.28 bits per heavy atom. The molecule has 18 heavy (non-hydrogen) atoms. The SMILES string of the molecule is CCOC(=O)C(Cc1ncnn1C)C(=O)OCC. The molecule has 0 atom stereocenters. The van der Waals surface area contributed by atoms with Crippen LogP contribution in [-0.2, 0) is 32.5 Å². The summed E-state index contributed by atoms with van der Waals surface area (Å²) < 4.78 is 11.2. The zero-order valence-electron chi connectivity index (χ0n) is 10.8. The smallest absolute Gasteiger partial charge is 0.320 e. The normalized spacial score (nSPS) is 10.4. The van der Waals surface area contributed by atoms with Gasteiger partial charge in [0.25, 0.3) is 0 Å². The van der Waals surface area contributed by atoms with Gasteiger partial charge in [-0.2, -0.15) is 5.10 Å². The highest BCUT2D eigenvalue weighted by molar-refractivity contribution is 5.95. The number of aryl methyl sites for hydroxylation is 1. The van der Waals surface area contributed by atoms with Crippen molar-refractivity contribution in [2.24, 2.45) is 13.0 Å². The molecule has 1 aromatic rings. The number of esters is 2. The van der Waals surface area contributed by atoms with Crippen LogP contribution in [0.1, 0.15) is 19.7 Å². The van der Waals surface area contributed by atoms with E-state index in [-0.39, 0.29) is 19.6 Å². The van der Waals surface area contributed by atoms with E-state index >= 15 is 0 Å². The standard InChI is InChI=1S/C11H17N3O4/c1-4-17-10(15)8(11(16)18-5-2)6-9-12-7-13-14(9)3/h7-8H,4-6H2,1-3H3. The first-order valence-electron chi connectivity index (χ1n) is 5.76. The quantitative estimate of drug-likeness (QED) is 0.529. The lowest BCUT2D eigenvalue weighted by Crippen LogP contribution is -2.30. The molecule has 100 valence electrons. The molecule has 0 fully saturated rings. The summed E-state index contributed by atoms with van der Waals surface area (Å²) in [5.74, 6) is -1.66. The molecule has 0 spiro atoms. The molecular weight excluding hydrogens is 238 g/mol. The molecule has 0 N–H and O–H groups in total. The van der Waals surface area contributed by atoms with Crippen LogP contribution in [0, 0.1) is 5.92 Å². The minimum absolute atomic E-state index is 0.119. The van der Waals surface area contributed by atoms with Crippen LogP contribution in [0.15, 0.2) is 6.33 Å². The number of nitrogens with zero attached hydrogens (tertiary/aromatic N) is 3. The maximum atomic E-state index is 11.7. The number of carbonyl (C=O) groups excluding carboxylic acids is 2. The van der Waals surface area contributed by atoms with Gasteiger partial charge in [-0.15, -0.1) is 0 Å². The lowest BCUT2D eigenvalue weighted by Gasteiger charge is -2.13. The molecule has 0 aliphatic carbocycles. The summed E-state index contributed by atoms with van der Waals surface area (Å²) >= 11 is 0. The molecule has 7 heteroatoms. The molecule has 0 aliphatic heterocycles. The van der Waals surface area contributed by atoms with Gasteiger partial charge in [0.05, 0.1) is 13.2 Å². The predicted octanol–water partition coefficient (Wildman–Crippen LogP) is 0.1000. The molecule has 0 radical (unpaired) electrons. The van der Waals surface area contributed by atoms with E-state index in [1.165, 1.54) is 11.0 Å². The Balaban J connectivity index is 2.80. The first-order valence-corrected chi connectivity index (χ1v) is 5.76. The van der Waals surface area contributed by atoms with E-state index in [1.54, 1.807) is 20.9 Å². The summed E-state index contributed by atoms with van der Waals surface area (Å²) in [7, 11) is 1.69. The highest BCUT2D eigenvalue weighted by Gasteiger charge is 2.31. The lowest BCUT2D eigenvalue weighted by atomic mass is 10.1. The predicted molar refractivity (Wildman–Crippen MR) is 61.5 cm³/mol. The van der Waals surface area contributed by atoms with Gasteiger partial charge in [0.1, 0.15) is 12.2 Å². The third kappa shape index (κ3) is 3.54. The van der Waals surface area contributed by atoms with Crippen LogP contribution >= 0.6 is 0 Å². The van der Waals surface area contributed by atoms with Gasteiger partial charge in [-0.25, -0.2) is 4.98 Å². The van der Waals surface area contributed by atoms with Gasteiger partial charge in [0, 0.05) is 13.5 Å². The summed E-state index contributed by atoms with van der Waals surface area (Å²) in [6.45, 7) is 3.80. The van der Waals surface area contributed by atoms with Gasteiger partial charge in [-0.05, 0) is 13.8 Å². The van der Waals surface area contributed by atoms with Crippen LogP contribution in [0.2, 0.25) is 0 Å². The molecule has 7 nitrogen and oxygen atoms in total. The van der Waals surface area contributed by atoms with E-state index in [0.29, 0.717) is 5.82 Å². The van der Waals surface area contributed by atoms with E-state index in [1.807, 2.05) is 0 Å².